The van der Waals surface area contributed by atoms with Gasteiger partial charge in [0.05, 0.1) is 27.7 Å². The Balaban J connectivity index is 1.65. The highest BCUT2D eigenvalue weighted by atomic mass is 35.5. The summed E-state index contributed by atoms with van der Waals surface area (Å²) in [6.07, 6.45) is -1.07. The smallest absolute Gasteiger partial charge is 0.261 e. The van der Waals surface area contributed by atoms with Gasteiger partial charge in [-0.15, -0.1) is 0 Å². The second-order valence-electron chi connectivity index (χ2n) is 5.28. The van der Waals surface area contributed by atoms with Crippen LogP contribution in [0.5, 0.6) is 5.75 Å². The first-order valence-electron chi connectivity index (χ1n) is 7.19. The Kier molecular flexibility index (Phi) is 4.76. The van der Waals surface area contributed by atoms with Crippen LogP contribution < -0.4 is 4.74 Å². The van der Waals surface area contributed by atoms with Crippen LogP contribution in [0.25, 0.3) is 0 Å². The maximum atomic E-state index is 12.2. The number of nitrogens with zero attached hydrogens (tertiary/aromatic N) is 1. The fourth-order valence-electron chi connectivity index (χ4n) is 2.47. The lowest BCUT2D eigenvalue weighted by Gasteiger charge is -2.19. The van der Waals surface area contributed by atoms with E-state index in [0.29, 0.717) is 21.2 Å². The number of aliphatic hydroxyl groups excluding tert-OH is 1. The summed E-state index contributed by atoms with van der Waals surface area (Å²) in [7, 11) is 0. The van der Waals surface area contributed by atoms with E-state index in [1.807, 2.05) is 0 Å². The topological polar surface area (TPSA) is 66.8 Å². The van der Waals surface area contributed by atoms with Crippen LogP contribution in [0.1, 0.15) is 20.7 Å². The molecule has 2 aromatic rings. The number of aliphatic hydroxyl groups is 1. The van der Waals surface area contributed by atoms with Crippen molar-refractivity contribution in [2.75, 3.05) is 13.2 Å². The van der Waals surface area contributed by atoms with Crippen molar-refractivity contribution in [2.24, 2.45) is 0 Å². The molecule has 1 N–H and O–H groups in total. The fourth-order valence-corrected chi connectivity index (χ4v) is 2.97. The zero-order valence-electron chi connectivity index (χ0n) is 12.4. The van der Waals surface area contributed by atoms with Gasteiger partial charge in [-0.25, -0.2) is 0 Å². The van der Waals surface area contributed by atoms with Crippen LogP contribution in [0.3, 0.4) is 0 Å². The van der Waals surface area contributed by atoms with Gasteiger partial charge in [0, 0.05) is 0 Å². The van der Waals surface area contributed by atoms with E-state index >= 15 is 0 Å². The quantitative estimate of drug-likeness (QED) is 0.827. The Hall–Kier alpha value is -2.08. The maximum absolute atomic E-state index is 12.2. The van der Waals surface area contributed by atoms with Crippen molar-refractivity contribution < 1.29 is 19.4 Å². The summed E-state index contributed by atoms with van der Waals surface area (Å²) in [6.45, 7) is -0.328. The third-order valence-electron chi connectivity index (χ3n) is 3.61. The first kappa shape index (κ1) is 16.8. The number of ether oxygens (including phenoxy) is 1. The standard InChI is InChI=1S/C17H13Cl2NO4/c18-13-6-3-7-14(19)15(13)24-9-10(21)8-20-16(22)11-4-1-2-5-12(11)17(20)23/h1-7,10,21H,8-9H2/t10-/m1/s1. The maximum Gasteiger partial charge on any atom is 0.261 e. The normalized spacial score (nSPS) is 14.7. The molecule has 7 heteroatoms. The van der Waals surface area contributed by atoms with Crippen LogP contribution in [-0.4, -0.2) is 41.1 Å². The molecule has 1 aliphatic heterocycles. The Morgan fingerprint density at radius 3 is 2.04 bits per heavy atom. The third-order valence-corrected chi connectivity index (χ3v) is 4.21. The molecular formula is C17H13Cl2NO4. The molecule has 1 heterocycles. The Morgan fingerprint density at radius 1 is 0.958 bits per heavy atom. The van der Waals surface area contributed by atoms with Crippen LogP contribution in [-0.2, 0) is 0 Å². The van der Waals surface area contributed by atoms with Gasteiger partial charge >= 0.3 is 0 Å². The zero-order valence-corrected chi connectivity index (χ0v) is 13.9. The van der Waals surface area contributed by atoms with Crippen molar-refractivity contribution in [1.82, 2.24) is 4.90 Å². The van der Waals surface area contributed by atoms with E-state index in [-0.39, 0.29) is 18.9 Å². The Labute approximate surface area is 148 Å². The van der Waals surface area contributed by atoms with E-state index in [9.17, 15) is 14.7 Å². The average molecular weight is 366 g/mol. The molecule has 0 aliphatic carbocycles. The van der Waals surface area contributed by atoms with Crippen LogP contribution in [0, 0.1) is 0 Å². The van der Waals surface area contributed by atoms with Gasteiger partial charge in [0.2, 0.25) is 0 Å². The molecule has 1 atom stereocenters. The Morgan fingerprint density at radius 2 is 1.50 bits per heavy atom. The second-order valence-corrected chi connectivity index (χ2v) is 6.10. The molecule has 0 saturated heterocycles. The number of carbonyl (C=O) groups excluding carboxylic acids is 2. The Bertz CT molecular complexity index is 754. The van der Waals surface area contributed by atoms with Gasteiger partial charge in [0.25, 0.3) is 11.8 Å². The molecule has 0 aromatic heterocycles. The number of imide groups is 1. The van der Waals surface area contributed by atoms with E-state index in [2.05, 4.69) is 0 Å². The fraction of sp³-hybridized carbons (Fsp3) is 0.176. The third kappa shape index (κ3) is 3.11. The number of benzene rings is 2. The number of hydrogen-bond acceptors (Lipinski definition) is 4. The number of hydrogen-bond donors (Lipinski definition) is 1. The van der Waals surface area contributed by atoms with E-state index in [0.717, 1.165) is 4.90 Å². The van der Waals surface area contributed by atoms with Gasteiger partial charge in [-0.2, -0.15) is 0 Å². The van der Waals surface area contributed by atoms with Gasteiger partial charge in [-0.05, 0) is 24.3 Å². The molecule has 0 radical (unpaired) electrons. The van der Waals surface area contributed by atoms with Gasteiger partial charge in [-0.3, -0.25) is 14.5 Å². The number of rotatable bonds is 5. The van der Waals surface area contributed by atoms with E-state index in [1.54, 1.807) is 42.5 Å². The molecule has 2 amide bonds. The molecule has 0 bridgehead atoms. The number of halogens is 2. The summed E-state index contributed by atoms with van der Waals surface area (Å²) < 4.78 is 5.42. The molecule has 0 fully saturated rings. The molecule has 24 heavy (non-hydrogen) atoms. The zero-order chi connectivity index (χ0) is 17.3. The molecule has 0 unspecified atom stereocenters. The molecule has 1 aliphatic rings. The summed E-state index contributed by atoms with van der Waals surface area (Å²) in [4.78, 5) is 25.5. The molecule has 2 aromatic carbocycles. The number of para-hydroxylation sites is 1. The number of carbonyl (C=O) groups is 2. The van der Waals surface area contributed by atoms with Crippen molar-refractivity contribution >= 4 is 35.0 Å². The van der Waals surface area contributed by atoms with Crippen molar-refractivity contribution in [3.8, 4) is 5.75 Å². The lowest BCUT2D eigenvalue weighted by Crippen LogP contribution is -2.39. The van der Waals surface area contributed by atoms with Crippen molar-refractivity contribution in [3.05, 3.63) is 63.6 Å². The summed E-state index contributed by atoms with van der Waals surface area (Å²) >= 11 is 12.0. The first-order chi connectivity index (χ1) is 11.5. The molecule has 0 saturated carbocycles. The largest absolute Gasteiger partial charge is 0.488 e. The highest BCUT2D eigenvalue weighted by molar-refractivity contribution is 6.37. The summed E-state index contributed by atoms with van der Waals surface area (Å²) in [5, 5.41) is 10.7. The van der Waals surface area contributed by atoms with Gasteiger partial charge < -0.3 is 9.84 Å². The molecule has 0 spiro atoms. The van der Waals surface area contributed by atoms with Crippen LogP contribution in [0.4, 0.5) is 0 Å². The van der Waals surface area contributed by atoms with Crippen molar-refractivity contribution in [1.29, 1.82) is 0 Å². The summed E-state index contributed by atoms with van der Waals surface area (Å²) in [6, 6.07) is 11.4. The minimum Gasteiger partial charge on any atom is -0.488 e. The van der Waals surface area contributed by atoms with Crippen molar-refractivity contribution in [3.63, 3.8) is 0 Å². The van der Waals surface area contributed by atoms with Crippen LogP contribution in [0.2, 0.25) is 10.0 Å². The average Bonchev–Trinajstić information content (AvgIpc) is 2.80. The number of fused-ring (bicyclic) bond motifs is 1. The predicted molar refractivity (Wildman–Crippen MR) is 89.8 cm³/mol. The number of amides is 2. The highest BCUT2D eigenvalue weighted by Gasteiger charge is 2.36. The van der Waals surface area contributed by atoms with E-state index in [1.165, 1.54) is 0 Å². The predicted octanol–water partition coefficient (Wildman–Crippen LogP) is 3.03. The van der Waals surface area contributed by atoms with Gasteiger partial charge in [-0.1, -0.05) is 41.4 Å². The minimum atomic E-state index is -1.07. The number of β-amino-alcohol motifs (C(OH)–C–C–N with tert-alkyl or cyclic N) is 1. The summed E-state index contributed by atoms with van der Waals surface area (Å²) in [5.74, 6) is -0.599. The lowest BCUT2D eigenvalue weighted by molar-refractivity contribution is 0.0457. The molecule has 124 valence electrons. The monoisotopic (exact) mass is 365 g/mol. The molecule has 3 rings (SSSR count). The van der Waals surface area contributed by atoms with E-state index in [4.69, 9.17) is 27.9 Å². The second kappa shape index (κ2) is 6.81. The molecular weight excluding hydrogens is 353 g/mol. The van der Waals surface area contributed by atoms with Gasteiger partial charge in [0.15, 0.2) is 5.75 Å². The SMILES string of the molecule is O=C1c2ccccc2C(=O)N1C[C@@H](O)COc1c(Cl)cccc1Cl. The minimum absolute atomic E-state index is 0.156. The van der Waals surface area contributed by atoms with Crippen LogP contribution in [0.15, 0.2) is 42.5 Å². The molecule has 5 nitrogen and oxygen atoms in total. The van der Waals surface area contributed by atoms with Crippen molar-refractivity contribution in [2.45, 2.75) is 6.10 Å². The first-order valence-corrected chi connectivity index (χ1v) is 7.94. The van der Waals surface area contributed by atoms with E-state index < -0.39 is 17.9 Å². The summed E-state index contributed by atoms with van der Waals surface area (Å²) in [5.41, 5.74) is 0.675. The lowest BCUT2D eigenvalue weighted by atomic mass is 10.1. The highest BCUT2D eigenvalue weighted by Crippen LogP contribution is 2.32. The van der Waals surface area contributed by atoms with Crippen LogP contribution >= 0.6 is 23.2 Å². The van der Waals surface area contributed by atoms with Gasteiger partial charge in [0.1, 0.15) is 12.7 Å².